The standard InChI is InChI=1S/C11H19ClN4O2/c1-8(2)18-11-14-9(12)13-10(15-11)17-7-5-6-16(3)4/h8H,5-7H2,1-4H3. The third-order valence-electron chi connectivity index (χ3n) is 1.89. The summed E-state index contributed by atoms with van der Waals surface area (Å²) in [6, 6.07) is 0.386. The number of aromatic nitrogens is 3. The highest BCUT2D eigenvalue weighted by atomic mass is 35.5. The maximum atomic E-state index is 5.77. The van der Waals surface area contributed by atoms with E-state index in [1.54, 1.807) is 0 Å². The number of hydrogen-bond donors (Lipinski definition) is 0. The van der Waals surface area contributed by atoms with Gasteiger partial charge in [-0.2, -0.15) is 9.97 Å². The number of halogens is 1. The quantitative estimate of drug-likeness (QED) is 0.705. The molecule has 0 fully saturated rings. The minimum atomic E-state index is -0.0231. The van der Waals surface area contributed by atoms with E-state index in [0.29, 0.717) is 6.61 Å². The van der Waals surface area contributed by atoms with E-state index < -0.39 is 0 Å². The minimum absolute atomic E-state index is 0.0231. The monoisotopic (exact) mass is 274 g/mol. The molecule has 0 spiro atoms. The van der Waals surface area contributed by atoms with Gasteiger partial charge in [-0.3, -0.25) is 0 Å². The average molecular weight is 275 g/mol. The van der Waals surface area contributed by atoms with E-state index in [1.807, 2.05) is 27.9 Å². The van der Waals surface area contributed by atoms with Crippen LogP contribution in [0.15, 0.2) is 0 Å². The van der Waals surface area contributed by atoms with Gasteiger partial charge in [0, 0.05) is 6.54 Å². The van der Waals surface area contributed by atoms with Gasteiger partial charge in [0.25, 0.3) is 0 Å². The Labute approximate surface area is 112 Å². The van der Waals surface area contributed by atoms with E-state index in [0.717, 1.165) is 13.0 Å². The van der Waals surface area contributed by atoms with E-state index in [4.69, 9.17) is 21.1 Å². The zero-order valence-corrected chi connectivity index (χ0v) is 11.9. The van der Waals surface area contributed by atoms with Gasteiger partial charge in [-0.1, -0.05) is 0 Å². The predicted octanol–water partition coefficient (Wildman–Crippen LogP) is 1.64. The molecule has 6 nitrogen and oxygen atoms in total. The zero-order chi connectivity index (χ0) is 13.5. The second-order valence-electron chi connectivity index (χ2n) is 4.34. The molecule has 0 N–H and O–H groups in total. The first kappa shape index (κ1) is 14.9. The van der Waals surface area contributed by atoms with E-state index in [-0.39, 0.29) is 23.4 Å². The van der Waals surface area contributed by atoms with Crippen molar-refractivity contribution in [1.29, 1.82) is 0 Å². The topological polar surface area (TPSA) is 60.4 Å². The predicted molar refractivity (Wildman–Crippen MR) is 69.3 cm³/mol. The molecule has 0 unspecified atom stereocenters. The van der Waals surface area contributed by atoms with Crippen LogP contribution in [0.4, 0.5) is 0 Å². The van der Waals surface area contributed by atoms with E-state index >= 15 is 0 Å². The maximum absolute atomic E-state index is 5.77. The first-order valence-electron chi connectivity index (χ1n) is 5.83. The molecule has 1 aromatic rings. The van der Waals surface area contributed by atoms with Crippen LogP contribution >= 0.6 is 11.6 Å². The van der Waals surface area contributed by atoms with Crippen molar-refractivity contribution in [2.24, 2.45) is 0 Å². The molecule has 0 radical (unpaired) electrons. The van der Waals surface area contributed by atoms with Crippen LogP contribution in [0, 0.1) is 0 Å². The van der Waals surface area contributed by atoms with Crippen molar-refractivity contribution in [3.05, 3.63) is 5.28 Å². The number of nitrogens with zero attached hydrogens (tertiary/aromatic N) is 4. The molecule has 0 amide bonds. The molecule has 1 heterocycles. The highest BCUT2D eigenvalue weighted by Gasteiger charge is 2.08. The van der Waals surface area contributed by atoms with Gasteiger partial charge in [0.1, 0.15) is 0 Å². The molecule has 0 aliphatic heterocycles. The molecule has 0 aliphatic carbocycles. The van der Waals surface area contributed by atoms with Gasteiger partial charge in [0.05, 0.1) is 12.7 Å². The fourth-order valence-electron chi connectivity index (χ4n) is 1.19. The van der Waals surface area contributed by atoms with E-state index in [1.165, 1.54) is 0 Å². The lowest BCUT2D eigenvalue weighted by atomic mass is 10.4. The normalized spacial score (nSPS) is 11.1. The summed E-state index contributed by atoms with van der Waals surface area (Å²) in [7, 11) is 4.02. The largest absolute Gasteiger partial charge is 0.463 e. The van der Waals surface area contributed by atoms with Crippen LogP contribution in [0.3, 0.4) is 0 Å². The lowest BCUT2D eigenvalue weighted by Crippen LogP contribution is -2.16. The Morgan fingerprint density at radius 1 is 1.17 bits per heavy atom. The Morgan fingerprint density at radius 3 is 2.44 bits per heavy atom. The fraction of sp³-hybridized carbons (Fsp3) is 0.727. The third kappa shape index (κ3) is 5.97. The fourth-order valence-corrected chi connectivity index (χ4v) is 1.33. The van der Waals surface area contributed by atoms with Gasteiger partial charge in [-0.05, 0) is 46.0 Å². The van der Waals surface area contributed by atoms with Gasteiger partial charge in [0.2, 0.25) is 5.28 Å². The number of hydrogen-bond acceptors (Lipinski definition) is 6. The molecule has 0 aromatic carbocycles. The molecule has 18 heavy (non-hydrogen) atoms. The van der Waals surface area contributed by atoms with Crippen molar-refractivity contribution in [1.82, 2.24) is 19.9 Å². The van der Waals surface area contributed by atoms with Gasteiger partial charge in [-0.25, -0.2) is 0 Å². The van der Waals surface area contributed by atoms with Gasteiger partial charge in [-0.15, -0.1) is 4.98 Å². The summed E-state index contributed by atoms with van der Waals surface area (Å²) >= 11 is 5.77. The molecule has 102 valence electrons. The molecule has 0 bridgehead atoms. The summed E-state index contributed by atoms with van der Waals surface area (Å²) in [4.78, 5) is 13.9. The lowest BCUT2D eigenvalue weighted by molar-refractivity contribution is 0.210. The summed E-state index contributed by atoms with van der Waals surface area (Å²) in [5.74, 6) is 0. The Bertz CT molecular complexity index is 374. The number of rotatable bonds is 7. The Hall–Kier alpha value is -1.14. The Kier molecular flexibility index (Phi) is 6.07. The van der Waals surface area contributed by atoms with Crippen LogP contribution in [0.2, 0.25) is 5.28 Å². The number of ether oxygens (including phenoxy) is 2. The van der Waals surface area contributed by atoms with Crippen LogP contribution in [0.25, 0.3) is 0 Å². The van der Waals surface area contributed by atoms with Crippen molar-refractivity contribution in [3.8, 4) is 12.0 Å². The molecule has 1 rings (SSSR count). The highest BCUT2D eigenvalue weighted by molar-refractivity contribution is 6.28. The van der Waals surface area contributed by atoms with Crippen LogP contribution in [-0.2, 0) is 0 Å². The first-order valence-corrected chi connectivity index (χ1v) is 6.21. The van der Waals surface area contributed by atoms with E-state index in [2.05, 4.69) is 19.9 Å². The van der Waals surface area contributed by atoms with Gasteiger partial charge in [0.15, 0.2) is 0 Å². The van der Waals surface area contributed by atoms with Crippen molar-refractivity contribution >= 4 is 11.6 Å². The lowest BCUT2D eigenvalue weighted by Gasteiger charge is -2.11. The molecular weight excluding hydrogens is 256 g/mol. The zero-order valence-electron chi connectivity index (χ0n) is 11.2. The first-order chi connectivity index (χ1) is 8.47. The third-order valence-corrected chi connectivity index (χ3v) is 2.06. The molecule has 1 aromatic heterocycles. The summed E-state index contributed by atoms with van der Waals surface area (Å²) in [5.41, 5.74) is 0. The summed E-state index contributed by atoms with van der Waals surface area (Å²) in [5, 5.41) is 0.0725. The van der Waals surface area contributed by atoms with Crippen molar-refractivity contribution < 1.29 is 9.47 Å². The minimum Gasteiger partial charge on any atom is -0.463 e. The van der Waals surface area contributed by atoms with Crippen molar-refractivity contribution in [2.75, 3.05) is 27.2 Å². The van der Waals surface area contributed by atoms with Crippen LogP contribution < -0.4 is 9.47 Å². The Balaban J connectivity index is 2.51. The average Bonchev–Trinajstić information content (AvgIpc) is 2.22. The SMILES string of the molecule is CC(C)Oc1nc(Cl)nc(OCCCN(C)C)n1. The molecule has 0 aliphatic rings. The van der Waals surface area contributed by atoms with Gasteiger partial charge < -0.3 is 14.4 Å². The van der Waals surface area contributed by atoms with Gasteiger partial charge >= 0.3 is 12.0 Å². The van der Waals surface area contributed by atoms with Crippen LogP contribution in [-0.4, -0.2) is 53.2 Å². The molecule has 7 heteroatoms. The smallest absolute Gasteiger partial charge is 0.324 e. The summed E-state index contributed by atoms with van der Waals surface area (Å²) in [6.45, 7) is 5.23. The Morgan fingerprint density at radius 2 is 1.83 bits per heavy atom. The van der Waals surface area contributed by atoms with Crippen molar-refractivity contribution in [3.63, 3.8) is 0 Å². The highest BCUT2D eigenvalue weighted by Crippen LogP contribution is 2.14. The maximum Gasteiger partial charge on any atom is 0.324 e. The van der Waals surface area contributed by atoms with E-state index in [9.17, 15) is 0 Å². The van der Waals surface area contributed by atoms with Crippen molar-refractivity contribution in [2.45, 2.75) is 26.4 Å². The molecule has 0 saturated heterocycles. The van der Waals surface area contributed by atoms with Crippen LogP contribution in [0.5, 0.6) is 12.0 Å². The summed E-state index contributed by atoms with van der Waals surface area (Å²) in [6.07, 6.45) is 0.862. The molecular formula is C11H19ClN4O2. The molecule has 0 atom stereocenters. The molecule has 0 saturated carbocycles. The summed E-state index contributed by atoms with van der Waals surface area (Å²) < 4.78 is 10.8. The second-order valence-corrected chi connectivity index (χ2v) is 4.68. The van der Waals surface area contributed by atoms with Crippen LogP contribution in [0.1, 0.15) is 20.3 Å². The second kappa shape index (κ2) is 7.33.